The molecule has 2 aliphatic heterocycles. The van der Waals surface area contributed by atoms with Crippen molar-refractivity contribution >= 4 is 11.7 Å². The summed E-state index contributed by atoms with van der Waals surface area (Å²) in [6.07, 6.45) is 3.37. The molecule has 0 unspecified atom stereocenters. The molecular formula is C17H25N3O2. The number of hydrogen-bond acceptors (Lipinski definition) is 3. The van der Waals surface area contributed by atoms with Gasteiger partial charge in [-0.3, -0.25) is 9.59 Å². The van der Waals surface area contributed by atoms with Gasteiger partial charge in [0, 0.05) is 30.9 Å². The minimum Gasteiger partial charge on any atom is -0.354 e. The van der Waals surface area contributed by atoms with E-state index in [0.29, 0.717) is 16.7 Å². The average molecular weight is 303 g/mol. The summed E-state index contributed by atoms with van der Waals surface area (Å²) in [6.45, 7) is 9.08. The first kappa shape index (κ1) is 15.3. The molecule has 22 heavy (non-hydrogen) atoms. The van der Waals surface area contributed by atoms with Crippen molar-refractivity contribution in [2.75, 3.05) is 26.2 Å². The lowest BCUT2D eigenvalue weighted by molar-refractivity contribution is 0.0602. The van der Waals surface area contributed by atoms with Crippen LogP contribution in [0.25, 0.3) is 0 Å². The number of piperidine rings is 1. The van der Waals surface area contributed by atoms with Crippen molar-refractivity contribution in [2.24, 2.45) is 5.41 Å². The van der Waals surface area contributed by atoms with Gasteiger partial charge < -0.3 is 15.2 Å². The van der Waals surface area contributed by atoms with Crippen LogP contribution in [0.3, 0.4) is 0 Å². The summed E-state index contributed by atoms with van der Waals surface area (Å²) in [4.78, 5) is 29.6. The lowest BCUT2D eigenvalue weighted by atomic mass is 9.78. The van der Waals surface area contributed by atoms with Gasteiger partial charge in [-0.1, -0.05) is 0 Å². The molecule has 1 aromatic heterocycles. The second kappa shape index (κ2) is 5.54. The number of aryl methyl sites for hydroxylation is 1. The van der Waals surface area contributed by atoms with E-state index < -0.39 is 0 Å². The number of ketones is 1. The summed E-state index contributed by atoms with van der Waals surface area (Å²) in [6, 6.07) is 0. The first-order valence-corrected chi connectivity index (χ1v) is 8.14. The highest BCUT2D eigenvalue weighted by Gasteiger charge is 2.38. The van der Waals surface area contributed by atoms with E-state index in [2.05, 4.69) is 10.3 Å². The van der Waals surface area contributed by atoms with Crippen molar-refractivity contribution in [3.63, 3.8) is 0 Å². The third-order valence-corrected chi connectivity index (χ3v) is 5.45. The van der Waals surface area contributed by atoms with Gasteiger partial charge in [0.1, 0.15) is 5.69 Å². The number of H-pyrrole nitrogens is 1. The first-order chi connectivity index (χ1) is 10.4. The van der Waals surface area contributed by atoms with Gasteiger partial charge in [0.2, 0.25) is 0 Å². The molecule has 0 saturated carbocycles. The Hall–Kier alpha value is -1.62. The van der Waals surface area contributed by atoms with Crippen LogP contribution in [0.1, 0.15) is 58.3 Å². The number of hydrogen-bond donors (Lipinski definition) is 2. The molecule has 3 rings (SSSR count). The third kappa shape index (κ3) is 2.47. The highest BCUT2D eigenvalue weighted by atomic mass is 16.2. The largest absolute Gasteiger partial charge is 0.354 e. The lowest BCUT2D eigenvalue weighted by Crippen LogP contribution is -2.44. The molecular weight excluding hydrogens is 278 g/mol. The Morgan fingerprint density at radius 2 is 1.82 bits per heavy atom. The van der Waals surface area contributed by atoms with Crippen molar-refractivity contribution in [3.8, 4) is 0 Å². The molecule has 0 bridgehead atoms. The summed E-state index contributed by atoms with van der Waals surface area (Å²) < 4.78 is 0. The number of aromatic amines is 1. The molecule has 3 heterocycles. The minimum atomic E-state index is 0.0138. The standard InChI is InChI=1S/C17H25N3O2/c1-11-14(13(3)21)12(2)19-15(11)16(22)20-8-5-17(6-9-20)4-7-18-10-17/h18-19H,4-10H2,1-3H3. The van der Waals surface area contributed by atoms with Gasteiger partial charge in [-0.2, -0.15) is 0 Å². The molecule has 1 amide bonds. The predicted octanol–water partition coefficient (Wildman–Crippen LogP) is 2.05. The molecule has 1 aromatic rings. The number of amides is 1. The summed E-state index contributed by atoms with van der Waals surface area (Å²) >= 11 is 0. The molecule has 120 valence electrons. The Bertz CT molecular complexity index is 602. The molecule has 5 nitrogen and oxygen atoms in total. The highest BCUT2D eigenvalue weighted by molar-refractivity contribution is 6.02. The van der Waals surface area contributed by atoms with Gasteiger partial charge in [-0.15, -0.1) is 0 Å². The number of carbonyl (C=O) groups is 2. The molecule has 2 aliphatic rings. The molecule has 2 N–H and O–H groups in total. The molecule has 2 saturated heterocycles. The summed E-state index contributed by atoms with van der Waals surface area (Å²) in [7, 11) is 0. The summed E-state index contributed by atoms with van der Waals surface area (Å²) in [5, 5.41) is 3.44. The third-order valence-electron chi connectivity index (χ3n) is 5.45. The molecule has 0 atom stereocenters. The number of aromatic nitrogens is 1. The van der Waals surface area contributed by atoms with Crippen LogP contribution < -0.4 is 5.32 Å². The van der Waals surface area contributed by atoms with Crippen molar-refractivity contribution in [3.05, 3.63) is 22.5 Å². The van der Waals surface area contributed by atoms with E-state index in [4.69, 9.17) is 0 Å². The van der Waals surface area contributed by atoms with Crippen LogP contribution in [0.15, 0.2) is 0 Å². The van der Waals surface area contributed by atoms with Crippen molar-refractivity contribution in [2.45, 2.75) is 40.0 Å². The lowest BCUT2D eigenvalue weighted by Gasteiger charge is -2.38. The second-order valence-electron chi connectivity index (χ2n) is 6.90. The number of rotatable bonds is 2. The first-order valence-electron chi connectivity index (χ1n) is 8.14. The van der Waals surface area contributed by atoms with Gasteiger partial charge in [-0.25, -0.2) is 0 Å². The van der Waals surface area contributed by atoms with Crippen LogP contribution in [0.5, 0.6) is 0 Å². The van der Waals surface area contributed by atoms with Crippen molar-refractivity contribution in [1.29, 1.82) is 0 Å². The van der Waals surface area contributed by atoms with Gasteiger partial charge >= 0.3 is 0 Å². The Labute approximate surface area is 131 Å². The monoisotopic (exact) mass is 303 g/mol. The number of nitrogens with one attached hydrogen (secondary N) is 2. The van der Waals surface area contributed by atoms with Gasteiger partial charge in [0.15, 0.2) is 5.78 Å². The Kier molecular flexibility index (Phi) is 3.85. The van der Waals surface area contributed by atoms with Crippen LogP contribution in [-0.2, 0) is 0 Å². The summed E-state index contributed by atoms with van der Waals surface area (Å²) in [5.41, 5.74) is 3.24. The van der Waals surface area contributed by atoms with Crippen LogP contribution in [-0.4, -0.2) is 47.8 Å². The van der Waals surface area contributed by atoms with Crippen molar-refractivity contribution in [1.82, 2.24) is 15.2 Å². The van der Waals surface area contributed by atoms with E-state index >= 15 is 0 Å². The zero-order valence-corrected chi connectivity index (χ0v) is 13.7. The van der Waals surface area contributed by atoms with Crippen LogP contribution in [0.4, 0.5) is 0 Å². The van der Waals surface area contributed by atoms with E-state index in [9.17, 15) is 9.59 Å². The molecule has 1 spiro atoms. The van der Waals surface area contributed by atoms with E-state index in [1.165, 1.54) is 6.42 Å². The fraction of sp³-hybridized carbons (Fsp3) is 0.647. The fourth-order valence-corrected chi connectivity index (χ4v) is 4.06. The normalized spacial score (nSPS) is 20.6. The Balaban J connectivity index is 1.75. The van der Waals surface area contributed by atoms with Gasteiger partial charge in [0.05, 0.1) is 0 Å². The van der Waals surface area contributed by atoms with Crippen molar-refractivity contribution < 1.29 is 9.59 Å². The zero-order chi connectivity index (χ0) is 15.9. The molecule has 0 aliphatic carbocycles. The number of nitrogens with zero attached hydrogens (tertiary/aromatic N) is 1. The molecule has 5 heteroatoms. The summed E-state index contributed by atoms with van der Waals surface area (Å²) in [5.74, 6) is 0.0498. The maximum absolute atomic E-state index is 12.8. The Morgan fingerprint density at radius 1 is 1.14 bits per heavy atom. The van der Waals surface area contributed by atoms with E-state index in [1.807, 2.05) is 18.7 Å². The molecule has 0 radical (unpaired) electrons. The zero-order valence-electron chi connectivity index (χ0n) is 13.7. The minimum absolute atomic E-state index is 0.0138. The van der Waals surface area contributed by atoms with Gasteiger partial charge in [-0.05, 0) is 57.6 Å². The topological polar surface area (TPSA) is 65.2 Å². The molecule has 0 aromatic carbocycles. The SMILES string of the molecule is CC(=O)c1c(C)[nH]c(C(=O)N2CCC3(CCNC3)CC2)c1C. The fourth-order valence-electron chi connectivity index (χ4n) is 4.06. The quantitative estimate of drug-likeness (QED) is 0.822. The van der Waals surface area contributed by atoms with Crippen LogP contribution in [0, 0.1) is 19.3 Å². The average Bonchev–Trinajstić information content (AvgIpc) is 3.04. The smallest absolute Gasteiger partial charge is 0.270 e. The number of likely N-dealkylation sites (tertiary alicyclic amines) is 1. The Morgan fingerprint density at radius 3 is 2.32 bits per heavy atom. The second-order valence-corrected chi connectivity index (χ2v) is 6.90. The molecule has 2 fully saturated rings. The van der Waals surface area contributed by atoms with E-state index in [-0.39, 0.29) is 11.7 Å². The van der Waals surface area contributed by atoms with Crippen LogP contribution >= 0.6 is 0 Å². The van der Waals surface area contributed by atoms with E-state index in [0.717, 1.165) is 50.3 Å². The highest BCUT2D eigenvalue weighted by Crippen LogP contribution is 2.37. The number of carbonyl (C=O) groups excluding carboxylic acids is 2. The number of Topliss-reactive ketones (excluding diaryl/α,β-unsaturated/α-hetero) is 1. The van der Waals surface area contributed by atoms with Crippen LogP contribution in [0.2, 0.25) is 0 Å². The maximum Gasteiger partial charge on any atom is 0.270 e. The van der Waals surface area contributed by atoms with Gasteiger partial charge in [0.25, 0.3) is 5.91 Å². The van der Waals surface area contributed by atoms with E-state index in [1.54, 1.807) is 6.92 Å². The maximum atomic E-state index is 12.8. The predicted molar refractivity (Wildman–Crippen MR) is 85.3 cm³/mol.